The molecule has 0 bridgehead atoms. The number of hydrogen-bond acceptors (Lipinski definition) is 2. The Morgan fingerprint density at radius 2 is 2.00 bits per heavy atom. The van der Waals surface area contributed by atoms with Gasteiger partial charge in [-0.2, -0.15) is 0 Å². The van der Waals surface area contributed by atoms with Gasteiger partial charge in [0.25, 0.3) is 5.91 Å². The monoisotopic (exact) mass is 248 g/mol. The van der Waals surface area contributed by atoms with Crippen LogP contribution in [0.2, 0.25) is 0 Å². The predicted molar refractivity (Wildman–Crippen MR) is 76.5 cm³/mol. The molecule has 0 heterocycles. The highest BCUT2D eigenvalue weighted by Gasteiger charge is 2.20. The van der Waals surface area contributed by atoms with E-state index in [1.54, 1.807) is 6.07 Å². The largest absolute Gasteiger partial charge is 0.398 e. The maximum Gasteiger partial charge on any atom is 0.253 e. The predicted octanol–water partition coefficient (Wildman–Crippen LogP) is 2.99. The standard InChI is InChI=1S/C15H24N2O/c1-10-6-7-12(13(16)8-10)14(18)17-9-11(2)15(3,4)5/h6-8,11H,9,16H2,1-5H3,(H,17,18). The van der Waals surface area contributed by atoms with E-state index in [1.165, 1.54) is 0 Å². The van der Waals surface area contributed by atoms with E-state index in [-0.39, 0.29) is 11.3 Å². The minimum absolute atomic E-state index is 0.0939. The fraction of sp³-hybridized carbons (Fsp3) is 0.533. The first-order valence-corrected chi connectivity index (χ1v) is 6.36. The Morgan fingerprint density at radius 3 is 2.50 bits per heavy atom. The van der Waals surface area contributed by atoms with Crippen LogP contribution in [0.5, 0.6) is 0 Å². The molecule has 18 heavy (non-hydrogen) atoms. The molecule has 0 spiro atoms. The van der Waals surface area contributed by atoms with Crippen molar-refractivity contribution in [1.82, 2.24) is 5.32 Å². The van der Waals surface area contributed by atoms with Gasteiger partial charge in [-0.25, -0.2) is 0 Å². The first-order chi connectivity index (χ1) is 8.21. The van der Waals surface area contributed by atoms with Crippen molar-refractivity contribution >= 4 is 11.6 Å². The number of nitrogens with two attached hydrogens (primary N) is 1. The maximum absolute atomic E-state index is 12.0. The van der Waals surface area contributed by atoms with Gasteiger partial charge in [0.15, 0.2) is 0 Å². The maximum atomic E-state index is 12.0. The van der Waals surface area contributed by atoms with Crippen molar-refractivity contribution in [3.8, 4) is 0 Å². The third kappa shape index (κ3) is 3.76. The van der Waals surface area contributed by atoms with Crippen LogP contribution >= 0.6 is 0 Å². The Balaban J connectivity index is 2.66. The van der Waals surface area contributed by atoms with Gasteiger partial charge in [0.2, 0.25) is 0 Å². The smallest absolute Gasteiger partial charge is 0.253 e. The molecule has 0 aromatic heterocycles. The first-order valence-electron chi connectivity index (χ1n) is 6.36. The van der Waals surface area contributed by atoms with E-state index < -0.39 is 0 Å². The number of anilines is 1. The molecule has 1 atom stereocenters. The molecule has 0 aliphatic rings. The number of nitrogen functional groups attached to an aromatic ring is 1. The molecule has 3 N–H and O–H groups in total. The number of benzene rings is 1. The molecule has 1 unspecified atom stereocenters. The van der Waals surface area contributed by atoms with Crippen LogP contribution in [0.4, 0.5) is 5.69 Å². The SMILES string of the molecule is Cc1ccc(C(=O)NCC(C)C(C)(C)C)c(N)c1. The Labute approximate surface area is 110 Å². The van der Waals surface area contributed by atoms with Gasteiger partial charge >= 0.3 is 0 Å². The zero-order valence-corrected chi connectivity index (χ0v) is 12.0. The van der Waals surface area contributed by atoms with Crippen LogP contribution in [0.25, 0.3) is 0 Å². The lowest BCUT2D eigenvalue weighted by Crippen LogP contribution is -2.34. The average molecular weight is 248 g/mol. The summed E-state index contributed by atoms with van der Waals surface area (Å²) in [5, 5.41) is 2.95. The number of rotatable bonds is 3. The van der Waals surface area contributed by atoms with Crippen molar-refractivity contribution in [3.63, 3.8) is 0 Å². The van der Waals surface area contributed by atoms with E-state index in [9.17, 15) is 4.79 Å². The second-order valence-corrected chi connectivity index (χ2v) is 6.07. The van der Waals surface area contributed by atoms with Gasteiger partial charge in [-0.1, -0.05) is 33.8 Å². The van der Waals surface area contributed by atoms with Crippen LogP contribution in [0.15, 0.2) is 18.2 Å². The Kier molecular flexibility index (Phi) is 4.38. The van der Waals surface area contributed by atoms with Gasteiger partial charge in [0, 0.05) is 12.2 Å². The molecule has 0 saturated heterocycles. The zero-order valence-electron chi connectivity index (χ0n) is 12.0. The number of aryl methyl sites for hydroxylation is 1. The van der Waals surface area contributed by atoms with Crippen LogP contribution in [-0.2, 0) is 0 Å². The summed E-state index contributed by atoms with van der Waals surface area (Å²) in [6.45, 7) is 11.3. The lowest BCUT2D eigenvalue weighted by atomic mass is 9.82. The summed E-state index contributed by atoms with van der Waals surface area (Å²) in [6, 6.07) is 5.50. The molecule has 3 heteroatoms. The normalized spacial score (nSPS) is 13.2. The molecule has 0 aliphatic carbocycles. The number of hydrogen-bond donors (Lipinski definition) is 2. The number of nitrogens with one attached hydrogen (secondary N) is 1. The lowest BCUT2D eigenvalue weighted by molar-refractivity contribution is 0.0938. The van der Waals surface area contributed by atoms with Gasteiger partial charge < -0.3 is 11.1 Å². The number of amides is 1. The molecule has 0 saturated carbocycles. The van der Waals surface area contributed by atoms with Crippen LogP contribution in [0, 0.1) is 18.3 Å². The lowest BCUT2D eigenvalue weighted by Gasteiger charge is -2.27. The quantitative estimate of drug-likeness (QED) is 0.808. The highest BCUT2D eigenvalue weighted by Crippen LogP contribution is 2.24. The van der Waals surface area contributed by atoms with Crippen molar-refractivity contribution in [1.29, 1.82) is 0 Å². The fourth-order valence-electron chi connectivity index (χ4n) is 1.54. The summed E-state index contributed by atoms with van der Waals surface area (Å²) in [4.78, 5) is 12.0. The average Bonchev–Trinajstić information content (AvgIpc) is 2.24. The summed E-state index contributed by atoms with van der Waals surface area (Å²) in [5.41, 5.74) is 8.20. The molecule has 1 rings (SSSR count). The second kappa shape index (κ2) is 5.42. The van der Waals surface area contributed by atoms with Gasteiger partial charge in [0.1, 0.15) is 0 Å². The molecule has 1 aromatic rings. The molecule has 1 amide bonds. The van der Waals surface area contributed by atoms with E-state index in [1.807, 2.05) is 19.1 Å². The minimum Gasteiger partial charge on any atom is -0.398 e. The van der Waals surface area contributed by atoms with Crippen molar-refractivity contribution in [2.24, 2.45) is 11.3 Å². The van der Waals surface area contributed by atoms with E-state index in [0.717, 1.165) is 5.56 Å². The zero-order chi connectivity index (χ0) is 13.9. The molecule has 3 nitrogen and oxygen atoms in total. The second-order valence-electron chi connectivity index (χ2n) is 6.07. The van der Waals surface area contributed by atoms with E-state index in [4.69, 9.17) is 5.73 Å². The molecule has 0 aliphatic heterocycles. The minimum atomic E-state index is -0.0939. The highest BCUT2D eigenvalue weighted by atomic mass is 16.1. The number of carbonyl (C=O) groups excluding carboxylic acids is 1. The summed E-state index contributed by atoms with van der Waals surface area (Å²) < 4.78 is 0. The van der Waals surface area contributed by atoms with E-state index in [0.29, 0.717) is 23.7 Å². The number of carbonyl (C=O) groups is 1. The fourth-order valence-corrected chi connectivity index (χ4v) is 1.54. The van der Waals surface area contributed by atoms with Crippen molar-refractivity contribution in [3.05, 3.63) is 29.3 Å². The molecule has 100 valence electrons. The first kappa shape index (κ1) is 14.6. The third-order valence-corrected chi connectivity index (χ3v) is 3.50. The van der Waals surface area contributed by atoms with Crippen molar-refractivity contribution in [2.45, 2.75) is 34.6 Å². The van der Waals surface area contributed by atoms with Gasteiger partial charge in [0.05, 0.1) is 5.56 Å². The van der Waals surface area contributed by atoms with Gasteiger partial charge in [-0.05, 0) is 36.0 Å². The van der Waals surface area contributed by atoms with E-state index in [2.05, 4.69) is 33.0 Å². The van der Waals surface area contributed by atoms with Crippen molar-refractivity contribution in [2.75, 3.05) is 12.3 Å². The van der Waals surface area contributed by atoms with E-state index >= 15 is 0 Å². The van der Waals surface area contributed by atoms with Crippen molar-refractivity contribution < 1.29 is 4.79 Å². The summed E-state index contributed by atoms with van der Waals surface area (Å²) in [6.07, 6.45) is 0. The van der Waals surface area contributed by atoms with Crippen LogP contribution in [0.3, 0.4) is 0 Å². The molecular weight excluding hydrogens is 224 g/mol. The Bertz CT molecular complexity index is 433. The van der Waals surface area contributed by atoms with Crippen LogP contribution in [0.1, 0.15) is 43.6 Å². The highest BCUT2D eigenvalue weighted by molar-refractivity contribution is 5.99. The van der Waals surface area contributed by atoms with Gasteiger partial charge in [-0.3, -0.25) is 4.79 Å². The molecular formula is C15H24N2O. The van der Waals surface area contributed by atoms with Crippen LogP contribution in [-0.4, -0.2) is 12.5 Å². The molecule has 1 aromatic carbocycles. The molecule has 0 radical (unpaired) electrons. The Morgan fingerprint density at radius 1 is 1.39 bits per heavy atom. The summed E-state index contributed by atoms with van der Waals surface area (Å²) >= 11 is 0. The topological polar surface area (TPSA) is 55.1 Å². The third-order valence-electron chi connectivity index (χ3n) is 3.50. The summed E-state index contributed by atoms with van der Waals surface area (Å²) in [5.74, 6) is 0.316. The summed E-state index contributed by atoms with van der Waals surface area (Å²) in [7, 11) is 0. The molecule has 0 fully saturated rings. The Hall–Kier alpha value is -1.51. The van der Waals surface area contributed by atoms with Crippen LogP contribution < -0.4 is 11.1 Å². The van der Waals surface area contributed by atoms with Gasteiger partial charge in [-0.15, -0.1) is 0 Å².